The number of rotatable bonds is 28. The fourth-order valence-electron chi connectivity index (χ4n) is 3.74. The molecule has 0 aromatic rings. The van der Waals surface area contributed by atoms with Gasteiger partial charge in [0.05, 0.1) is 38.3 Å². The molecule has 2 unspecified atom stereocenters. The molecule has 0 aliphatic rings. The zero-order valence-electron chi connectivity index (χ0n) is 24.4. The fourth-order valence-corrected chi connectivity index (χ4v) is 3.74. The Morgan fingerprint density at radius 1 is 0.561 bits per heavy atom. The smallest absolute Gasteiger partial charge is 0.309 e. The number of ether oxygens (including phenoxy) is 5. The van der Waals surface area contributed by atoms with E-state index in [-0.39, 0.29) is 101 Å². The van der Waals surface area contributed by atoms with Gasteiger partial charge in [0.25, 0.3) is 0 Å². The largest absolute Gasteiger partial charge is 0.465 e. The van der Waals surface area contributed by atoms with Crippen molar-refractivity contribution in [1.29, 1.82) is 0 Å². The van der Waals surface area contributed by atoms with Crippen molar-refractivity contribution < 1.29 is 53.1 Å². The van der Waals surface area contributed by atoms with Gasteiger partial charge < -0.3 is 33.9 Å². The molecule has 0 heterocycles. The van der Waals surface area contributed by atoms with Crippen LogP contribution in [0.25, 0.3) is 0 Å². The molecule has 236 valence electrons. The van der Waals surface area contributed by atoms with E-state index in [1.807, 2.05) is 0 Å². The minimum absolute atomic E-state index is 0.0241. The lowest BCUT2D eigenvalue weighted by atomic mass is 10.00. The van der Waals surface area contributed by atoms with Gasteiger partial charge in [-0.15, -0.1) is 13.2 Å². The Balaban J connectivity index is 3.68. The van der Waals surface area contributed by atoms with Gasteiger partial charge in [0.15, 0.2) is 0 Å². The van der Waals surface area contributed by atoms with Gasteiger partial charge in [-0.3, -0.25) is 19.2 Å². The minimum Gasteiger partial charge on any atom is -0.465 e. The van der Waals surface area contributed by atoms with Gasteiger partial charge in [0.1, 0.15) is 13.2 Å². The number of aliphatic hydroxyl groups excluding tert-OH is 2. The molecule has 0 aromatic heterocycles. The highest BCUT2D eigenvalue weighted by Crippen LogP contribution is 2.15. The standard InChI is InChI=1S/C30H50O11/c1-3-11-25(13-9-17-31)29(35)40-19-7-5-15-27(33)38-23-21-37-22-24-39-28(34)16-6-8-20-41-30(36)26(12-4-2)14-10-18-32/h3-4,25-26,31-32H,1-2,5-24H2. The molecule has 0 rings (SSSR count). The third-order valence-corrected chi connectivity index (χ3v) is 6.01. The van der Waals surface area contributed by atoms with Crippen LogP contribution < -0.4 is 0 Å². The second-order valence-corrected chi connectivity index (χ2v) is 9.48. The molecule has 0 amide bonds. The van der Waals surface area contributed by atoms with Crippen LogP contribution in [0, 0.1) is 11.8 Å². The van der Waals surface area contributed by atoms with Crippen molar-refractivity contribution in [2.75, 3.05) is 52.9 Å². The maximum Gasteiger partial charge on any atom is 0.309 e. The maximum absolute atomic E-state index is 12.1. The Labute approximate surface area is 244 Å². The number of unbranched alkanes of at least 4 members (excludes halogenated alkanes) is 2. The van der Waals surface area contributed by atoms with Crippen LogP contribution >= 0.6 is 0 Å². The first-order chi connectivity index (χ1) is 19.9. The Hall–Kier alpha value is -2.76. The normalized spacial score (nSPS) is 12.1. The topological polar surface area (TPSA) is 155 Å². The molecule has 0 aromatic carbocycles. The summed E-state index contributed by atoms with van der Waals surface area (Å²) in [6.45, 7) is 8.28. The Morgan fingerprint density at radius 3 is 1.34 bits per heavy atom. The lowest BCUT2D eigenvalue weighted by molar-refractivity contribution is -0.150. The van der Waals surface area contributed by atoms with Crippen LogP contribution in [-0.2, 0) is 42.9 Å². The van der Waals surface area contributed by atoms with Crippen LogP contribution in [0.2, 0.25) is 0 Å². The number of allylic oxidation sites excluding steroid dienone is 2. The monoisotopic (exact) mass is 586 g/mol. The molecule has 0 radical (unpaired) electrons. The first-order valence-corrected chi connectivity index (χ1v) is 14.5. The Kier molecular flexibility index (Phi) is 25.6. The van der Waals surface area contributed by atoms with Crippen LogP contribution in [0.15, 0.2) is 25.3 Å². The van der Waals surface area contributed by atoms with E-state index < -0.39 is 0 Å². The van der Waals surface area contributed by atoms with E-state index in [9.17, 15) is 19.2 Å². The zero-order valence-corrected chi connectivity index (χ0v) is 24.4. The average Bonchev–Trinajstić information content (AvgIpc) is 2.96. The zero-order chi connectivity index (χ0) is 30.6. The minimum atomic E-state index is -0.370. The number of hydrogen-bond donors (Lipinski definition) is 2. The first kappa shape index (κ1) is 38.2. The summed E-state index contributed by atoms with van der Waals surface area (Å²) in [5.74, 6) is -1.98. The van der Waals surface area contributed by atoms with Crippen LogP contribution in [0.5, 0.6) is 0 Å². The van der Waals surface area contributed by atoms with E-state index in [1.165, 1.54) is 0 Å². The summed E-state index contributed by atoms with van der Waals surface area (Å²) < 4.78 is 26.0. The molecule has 0 spiro atoms. The Bertz CT molecular complexity index is 678. The molecular formula is C30H50O11. The van der Waals surface area contributed by atoms with Crippen LogP contribution in [0.1, 0.15) is 77.0 Å². The van der Waals surface area contributed by atoms with Crippen molar-refractivity contribution in [1.82, 2.24) is 0 Å². The number of esters is 4. The van der Waals surface area contributed by atoms with E-state index in [0.717, 1.165) is 0 Å². The molecule has 41 heavy (non-hydrogen) atoms. The quantitative estimate of drug-likeness (QED) is 0.0599. The van der Waals surface area contributed by atoms with Gasteiger partial charge >= 0.3 is 23.9 Å². The second-order valence-electron chi connectivity index (χ2n) is 9.48. The molecule has 11 heteroatoms. The summed E-state index contributed by atoms with van der Waals surface area (Å²) in [6.07, 6.45) is 8.99. The molecule has 0 aliphatic heterocycles. The summed E-state index contributed by atoms with van der Waals surface area (Å²) in [4.78, 5) is 47.7. The average molecular weight is 587 g/mol. The lowest BCUT2D eigenvalue weighted by Gasteiger charge is -2.13. The van der Waals surface area contributed by atoms with Gasteiger partial charge in [-0.1, -0.05) is 12.2 Å². The SMILES string of the molecule is C=CCC(CCCO)C(=O)OCCCCC(=O)OCCOCCOC(=O)CCCCOC(=O)C(CC=C)CCCO. The second kappa shape index (κ2) is 27.4. The molecule has 0 saturated heterocycles. The maximum atomic E-state index is 12.1. The Morgan fingerprint density at radius 2 is 0.976 bits per heavy atom. The third kappa shape index (κ3) is 22.6. The molecule has 0 fully saturated rings. The van der Waals surface area contributed by atoms with E-state index in [2.05, 4.69) is 13.2 Å². The van der Waals surface area contributed by atoms with Crippen LogP contribution in [-0.4, -0.2) is 86.9 Å². The highest BCUT2D eigenvalue weighted by Gasteiger charge is 2.19. The van der Waals surface area contributed by atoms with Crippen molar-refractivity contribution in [3.8, 4) is 0 Å². The van der Waals surface area contributed by atoms with Crippen molar-refractivity contribution in [3.63, 3.8) is 0 Å². The predicted molar refractivity (Wildman–Crippen MR) is 152 cm³/mol. The summed E-state index contributed by atoms with van der Waals surface area (Å²) in [6, 6.07) is 0. The van der Waals surface area contributed by atoms with Gasteiger partial charge in [0.2, 0.25) is 0 Å². The summed E-state index contributed by atoms with van der Waals surface area (Å²) >= 11 is 0. The number of hydrogen-bond acceptors (Lipinski definition) is 11. The van der Waals surface area contributed by atoms with Gasteiger partial charge in [-0.25, -0.2) is 0 Å². The van der Waals surface area contributed by atoms with E-state index >= 15 is 0 Å². The summed E-state index contributed by atoms with van der Waals surface area (Å²) in [5, 5.41) is 17.8. The predicted octanol–water partition coefficient (Wildman–Crippen LogP) is 3.45. The molecule has 0 saturated carbocycles. The number of aliphatic hydroxyl groups is 2. The van der Waals surface area contributed by atoms with E-state index in [0.29, 0.717) is 64.2 Å². The molecule has 0 bridgehead atoms. The van der Waals surface area contributed by atoms with Crippen LogP contribution in [0.4, 0.5) is 0 Å². The van der Waals surface area contributed by atoms with Crippen molar-refractivity contribution in [2.24, 2.45) is 11.8 Å². The lowest BCUT2D eigenvalue weighted by Crippen LogP contribution is -2.18. The molecule has 2 N–H and O–H groups in total. The van der Waals surface area contributed by atoms with Gasteiger partial charge in [0, 0.05) is 26.1 Å². The van der Waals surface area contributed by atoms with Crippen molar-refractivity contribution in [3.05, 3.63) is 25.3 Å². The number of carbonyl (C=O) groups is 4. The van der Waals surface area contributed by atoms with Gasteiger partial charge in [-0.05, 0) is 64.2 Å². The van der Waals surface area contributed by atoms with Crippen molar-refractivity contribution >= 4 is 23.9 Å². The van der Waals surface area contributed by atoms with Crippen LogP contribution in [0.3, 0.4) is 0 Å². The first-order valence-electron chi connectivity index (χ1n) is 14.5. The molecule has 2 atom stereocenters. The molecule has 0 aliphatic carbocycles. The molecular weight excluding hydrogens is 536 g/mol. The number of carbonyl (C=O) groups excluding carboxylic acids is 4. The van der Waals surface area contributed by atoms with Gasteiger partial charge in [-0.2, -0.15) is 0 Å². The van der Waals surface area contributed by atoms with Crippen molar-refractivity contribution in [2.45, 2.75) is 77.0 Å². The van der Waals surface area contributed by atoms with E-state index in [4.69, 9.17) is 33.9 Å². The fraction of sp³-hybridized carbons (Fsp3) is 0.733. The highest BCUT2D eigenvalue weighted by atomic mass is 16.6. The summed E-state index contributed by atoms with van der Waals surface area (Å²) in [5.41, 5.74) is 0. The third-order valence-electron chi connectivity index (χ3n) is 6.01. The summed E-state index contributed by atoms with van der Waals surface area (Å²) in [7, 11) is 0. The highest BCUT2D eigenvalue weighted by molar-refractivity contribution is 5.73. The molecule has 11 nitrogen and oxygen atoms in total. The van der Waals surface area contributed by atoms with E-state index in [1.54, 1.807) is 12.2 Å².